The molecule has 0 radical (unpaired) electrons. The van der Waals surface area contributed by atoms with Gasteiger partial charge in [-0.15, -0.1) is 10.2 Å². The van der Waals surface area contributed by atoms with Crippen LogP contribution in [0.15, 0.2) is 24.5 Å². The highest BCUT2D eigenvalue weighted by Crippen LogP contribution is 2.25. The molecule has 0 aliphatic heterocycles. The summed E-state index contributed by atoms with van der Waals surface area (Å²) in [5, 5.41) is 11.4. The first kappa shape index (κ1) is 14.1. The predicted molar refractivity (Wildman–Crippen MR) is 72.7 cm³/mol. The number of hydrogen-bond donors (Lipinski definition) is 1. The first-order valence-electron chi connectivity index (χ1n) is 6.26. The highest BCUT2D eigenvalue weighted by atomic mass is 16.5. The van der Waals surface area contributed by atoms with E-state index in [0.717, 1.165) is 12.2 Å². The second-order valence-corrected chi connectivity index (χ2v) is 3.94. The van der Waals surface area contributed by atoms with E-state index in [1.807, 2.05) is 13.0 Å². The summed E-state index contributed by atoms with van der Waals surface area (Å²) in [6.45, 7) is 2.75. The lowest BCUT2D eigenvalue weighted by Crippen LogP contribution is -2.25. The highest BCUT2D eigenvalue weighted by molar-refractivity contribution is 5.29. The minimum absolute atomic E-state index is 0.234. The number of nitrogens with one attached hydrogen (secondary N) is 1. The molecule has 0 bridgehead atoms. The third kappa shape index (κ3) is 3.00. The summed E-state index contributed by atoms with van der Waals surface area (Å²) in [5.41, 5.74) is 1.41. The van der Waals surface area contributed by atoms with E-state index in [2.05, 4.69) is 25.5 Å². The molecule has 0 aliphatic rings. The Morgan fingerprint density at radius 2 is 1.90 bits per heavy atom. The van der Waals surface area contributed by atoms with Crippen molar-refractivity contribution in [2.45, 2.75) is 13.0 Å². The molecule has 0 saturated heterocycles. The Labute approximate surface area is 117 Å². The molecule has 2 rings (SSSR count). The van der Waals surface area contributed by atoms with Gasteiger partial charge < -0.3 is 14.8 Å². The summed E-state index contributed by atoms with van der Waals surface area (Å²) in [6, 6.07) is 3.37. The average Bonchev–Trinajstić information content (AvgIpc) is 2.53. The van der Waals surface area contributed by atoms with Gasteiger partial charge in [-0.1, -0.05) is 6.92 Å². The Bertz CT molecular complexity index is 547. The molecule has 7 nitrogen and oxygen atoms in total. The second-order valence-electron chi connectivity index (χ2n) is 3.94. The van der Waals surface area contributed by atoms with Crippen LogP contribution in [0, 0.1) is 0 Å². The Balaban J connectivity index is 2.39. The van der Waals surface area contributed by atoms with Gasteiger partial charge in [0.15, 0.2) is 0 Å². The van der Waals surface area contributed by atoms with Crippen LogP contribution in [0.3, 0.4) is 0 Å². The lowest BCUT2D eigenvalue weighted by molar-refractivity contribution is 0.379. The monoisotopic (exact) mass is 275 g/mol. The molecule has 7 heteroatoms. The van der Waals surface area contributed by atoms with E-state index in [-0.39, 0.29) is 6.04 Å². The van der Waals surface area contributed by atoms with E-state index < -0.39 is 0 Å². The molecule has 1 N–H and O–H groups in total. The van der Waals surface area contributed by atoms with Gasteiger partial charge in [0.05, 0.1) is 26.0 Å². The SMILES string of the molecule is CCNC(c1ccc(OC)nn1)c1nccnc1OC. The van der Waals surface area contributed by atoms with Gasteiger partial charge in [-0.2, -0.15) is 0 Å². The minimum Gasteiger partial charge on any atom is -0.480 e. The van der Waals surface area contributed by atoms with Crippen molar-refractivity contribution in [3.8, 4) is 11.8 Å². The number of ether oxygens (including phenoxy) is 2. The molecule has 0 aliphatic carbocycles. The minimum atomic E-state index is -0.234. The van der Waals surface area contributed by atoms with Gasteiger partial charge in [-0.05, 0) is 12.6 Å². The molecule has 0 aromatic carbocycles. The highest BCUT2D eigenvalue weighted by Gasteiger charge is 2.21. The molecule has 106 valence electrons. The molecule has 2 aromatic rings. The molecule has 2 aromatic heterocycles. The van der Waals surface area contributed by atoms with Gasteiger partial charge in [-0.25, -0.2) is 4.98 Å². The topological polar surface area (TPSA) is 82.0 Å². The van der Waals surface area contributed by atoms with Crippen LogP contribution in [0.4, 0.5) is 0 Å². The Morgan fingerprint density at radius 1 is 1.10 bits per heavy atom. The summed E-state index contributed by atoms with van der Waals surface area (Å²) in [6.07, 6.45) is 3.21. The van der Waals surface area contributed by atoms with Gasteiger partial charge in [0.2, 0.25) is 11.8 Å². The third-order valence-corrected chi connectivity index (χ3v) is 2.73. The van der Waals surface area contributed by atoms with Crippen LogP contribution >= 0.6 is 0 Å². The van der Waals surface area contributed by atoms with Crippen LogP contribution in [-0.4, -0.2) is 40.9 Å². The maximum Gasteiger partial charge on any atom is 0.237 e. The van der Waals surface area contributed by atoms with Gasteiger partial charge in [-0.3, -0.25) is 4.98 Å². The number of nitrogens with zero attached hydrogens (tertiary/aromatic N) is 4. The van der Waals surface area contributed by atoms with Crippen LogP contribution in [0.1, 0.15) is 24.4 Å². The molecular weight excluding hydrogens is 258 g/mol. The van der Waals surface area contributed by atoms with Gasteiger partial charge in [0, 0.05) is 18.5 Å². The zero-order valence-corrected chi connectivity index (χ0v) is 11.7. The number of hydrogen-bond acceptors (Lipinski definition) is 7. The van der Waals surface area contributed by atoms with Crippen LogP contribution in [0.2, 0.25) is 0 Å². The number of methoxy groups -OCH3 is 2. The van der Waals surface area contributed by atoms with Crippen molar-refractivity contribution in [1.82, 2.24) is 25.5 Å². The van der Waals surface area contributed by atoms with E-state index in [0.29, 0.717) is 17.5 Å². The standard InChI is InChI=1S/C13H17N5O2/c1-4-14-11(9-5-6-10(19-2)18-17-9)12-13(20-3)16-8-7-15-12/h5-8,11,14H,4H2,1-3H3. The van der Waals surface area contributed by atoms with Crippen LogP contribution < -0.4 is 14.8 Å². The molecule has 2 heterocycles. The molecule has 0 saturated carbocycles. The summed E-state index contributed by atoms with van der Waals surface area (Å²) in [5.74, 6) is 0.936. The average molecular weight is 275 g/mol. The quantitative estimate of drug-likeness (QED) is 0.841. The van der Waals surface area contributed by atoms with Crippen molar-refractivity contribution < 1.29 is 9.47 Å². The van der Waals surface area contributed by atoms with Crippen molar-refractivity contribution in [2.24, 2.45) is 0 Å². The molecule has 1 atom stereocenters. The Hall–Kier alpha value is -2.28. The van der Waals surface area contributed by atoms with E-state index in [9.17, 15) is 0 Å². The fourth-order valence-corrected chi connectivity index (χ4v) is 1.83. The maximum absolute atomic E-state index is 5.25. The fraction of sp³-hybridized carbons (Fsp3) is 0.385. The van der Waals surface area contributed by atoms with E-state index in [1.165, 1.54) is 0 Å². The normalized spacial score (nSPS) is 11.9. The molecule has 20 heavy (non-hydrogen) atoms. The lowest BCUT2D eigenvalue weighted by Gasteiger charge is -2.17. The zero-order valence-electron chi connectivity index (χ0n) is 11.7. The van der Waals surface area contributed by atoms with Gasteiger partial charge in [0.1, 0.15) is 5.69 Å². The first-order valence-corrected chi connectivity index (χ1v) is 6.26. The third-order valence-electron chi connectivity index (χ3n) is 2.73. The van der Waals surface area contributed by atoms with E-state index in [1.54, 1.807) is 32.7 Å². The smallest absolute Gasteiger partial charge is 0.237 e. The van der Waals surface area contributed by atoms with Crippen molar-refractivity contribution in [2.75, 3.05) is 20.8 Å². The summed E-state index contributed by atoms with van der Waals surface area (Å²) in [4.78, 5) is 8.50. The van der Waals surface area contributed by atoms with Crippen molar-refractivity contribution >= 4 is 0 Å². The summed E-state index contributed by atoms with van der Waals surface area (Å²) in [7, 11) is 3.12. The summed E-state index contributed by atoms with van der Waals surface area (Å²) >= 11 is 0. The number of rotatable bonds is 6. The molecular formula is C13H17N5O2. The fourth-order valence-electron chi connectivity index (χ4n) is 1.83. The second kappa shape index (κ2) is 6.76. The Morgan fingerprint density at radius 3 is 2.50 bits per heavy atom. The largest absolute Gasteiger partial charge is 0.480 e. The van der Waals surface area contributed by atoms with Crippen molar-refractivity contribution in [3.05, 3.63) is 35.9 Å². The van der Waals surface area contributed by atoms with E-state index in [4.69, 9.17) is 9.47 Å². The van der Waals surface area contributed by atoms with Gasteiger partial charge >= 0.3 is 0 Å². The van der Waals surface area contributed by atoms with Crippen LogP contribution in [0.25, 0.3) is 0 Å². The molecule has 0 fully saturated rings. The summed E-state index contributed by atoms with van der Waals surface area (Å²) < 4.78 is 10.3. The van der Waals surface area contributed by atoms with Crippen molar-refractivity contribution in [1.29, 1.82) is 0 Å². The maximum atomic E-state index is 5.25. The van der Waals surface area contributed by atoms with Gasteiger partial charge in [0.25, 0.3) is 0 Å². The first-order chi connectivity index (χ1) is 9.80. The predicted octanol–water partition coefficient (Wildman–Crippen LogP) is 0.983. The van der Waals surface area contributed by atoms with Crippen molar-refractivity contribution in [3.63, 3.8) is 0 Å². The lowest BCUT2D eigenvalue weighted by atomic mass is 10.1. The molecule has 0 spiro atoms. The zero-order chi connectivity index (χ0) is 14.4. The Kier molecular flexibility index (Phi) is 4.78. The van der Waals surface area contributed by atoms with E-state index >= 15 is 0 Å². The molecule has 1 unspecified atom stereocenters. The van der Waals surface area contributed by atoms with Crippen LogP contribution in [0.5, 0.6) is 11.8 Å². The molecule has 0 amide bonds. The van der Waals surface area contributed by atoms with Crippen LogP contribution in [-0.2, 0) is 0 Å². The number of aromatic nitrogens is 4.